The Hall–Kier alpha value is -1.36. The van der Waals surface area contributed by atoms with Gasteiger partial charge in [-0.3, -0.25) is 4.79 Å². The lowest BCUT2D eigenvalue weighted by Crippen LogP contribution is -2.47. The molecule has 0 spiro atoms. The van der Waals surface area contributed by atoms with Crippen molar-refractivity contribution in [1.29, 1.82) is 0 Å². The van der Waals surface area contributed by atoms with E-state index in [1.165, 1.54) is 32.1 Å². The van der Waals surface area contributed by atoms with Crippen molar-refractivity contribution in [3.05, 3.63) is 18.2 Å². The number of imidazole rings is 1. The van der Waals surface area contributed by atoms with Gasteiger partial charge in [0.2, 0.25) is 0 Å². The Kier molecular flexibility index (Phi) is 4.37. The summed E-state index contributed by atoms with van der Waals surface area (Å²) in [5.74, 6) is 3.51. The van der Waals surface area contributed by atoms with E-state index in [4.69, 9.17) is 4.74 Å². The number of aryl methyl sites for hydroxylation is 1. The van der Waals surface area contributed by atoms with Gasteiger partial charge in [-0.25, -0.2) is 4.98 Å². The number of ether oxygens (including phenoxy) is 1. The molecule has 5 atom stereocenters. The van der Waals surface area contributed by atoms with Crippen LogP contribution in [-0.2, 0) is 11.8 Å². The van der Waals surface area contributed by atoms with Crippen molar-refractivity contribution in [2.45, 2.75) is 44.6 Å². The summed E-state index contributed by atoms with van der Waals surface area (Å²) in [6, 6.07) is 0.417. The molecule has 4 rings (SSSR count). The molecule has 0 aromatic carbocycles. The van der Waals surface area contributed by atoms with Gasteiger partial charge < -0.3 is 14.2 Å². The van der Waals surface area contributed by atoms with E-state index in [1.54, 1.807) is 13.4 Å². The lowest BCUT2D eigenvalue weighted by molar-refractivity contribution is 0.0488. The molecule has 0 aliphatic heterocycles. The van der Waals surface area contributed by atoms with Gasteiger partial charge in [0, 0.05) is 39.5 Å². The summed E-state index contributed by atoms with van der Waals surface area (Å²) >= 11 is 0. The molecule has 1 aromatic rings. The van der Waals surface area contributed by atoms with E-state index in [9.17, 15) is 4.79 Å². The second-order valence-corrected chi connectivity index (χ2v) is 7.99. The van der Waals surface area contributed by atoms with Crippen molar-refractivity contribution in [3.8, 4) is 0 Å². The molecule has 1 heterocycles. The number of aromatic nitrogens is 2. The number of amides is 1. The van der Waals surface area contributed by atoms with Crippen LogP contribution in [0.4, 0.5) is 0 Å². The summed E-state index contributed by atoms with van der Waals surface area (Å²) in [6.07, 6.45) is 11.2. The zero-order valence-electron chi connectivity index (χ0n) is 14.9. The highest BCUT2D eigenvalue weighted by Gasteiger charge is 2.55. The molecule has 0 saturated heterocycles. The number of rotatable bonds is 6. The van der Waals surface area contributed by atoms with Crippen LogP contribution in [0.2, 0.25) is 0 Å². The topological polar surface area (TPSA) is 47.4 Å². The molecule has 0 N–H and O–H groups in total. The van der Waals surface area contributed by atoms with E-state index in [0.717, 1.165) is 36.6 Å². The third-order valence-electron chi connectivity index (χ3n) is 6.73. The first kappa shape index (κ1) is 16.1. The normalized spacial score (nSPS) is 33.8. The highest BCUT2D eigenvalue weighted by Crippen LogP contribution is 2.59. The van der Waals surface area contributed by atoms with E-state index < -0.39 is 0 Å². The zero-order valence-corrected chi connectivity index (χ0v) is 14.9. The monoisotopic (exact) mass is 331 g/mol. The lowest BCUT2D eigenvalue weighted by atomic mass is 9.78. The summed E-state index contributed by atoms with van der Waals surface area (Å²) in [4.78, 5) is 19.6. The third kappa shape index (κ3) is 2.67. The largest absolute Gasteiger partial charge is 0.385 e. The van der Waals surface area contributed by atoms with Gasteiger partial charge in [-0.2, -0.15) is 0 Å². The van der Waals surface area contributed by atoms with Crippen molar-refractivity contribution in [2.24, 2.45) is 30.7 Å². The van der Waals surface area contributed by atoms with Crippen LogP contribution in [0.5, 0.6) is 0 Å². The molecule has 5 heteroatoms. The molecule has 1 aromatic heterocycles. The van der Waals surface area contributed by atoms with Crippen molar-refractivity contribution in [1.82, 2.24) is 14.5 Å². The van der Waals surface area contributed by atoms with E-state index in [1.807, 2.05) is 17.8 Å². The molecule has 24 heavy (non-hydrogen) atoms. The third-order valence-corrected chi connectivity index (χ3v) is 6.73. The summed E-state index contributed by atoms with van der Waals surface area (Å²) in [5.41, 5.74) is 0.584. The molecule has 3 aliphatic rings. The van der Waals surface area contributed by atoms with Crippen molar-refractivity contribution in [2.75, 3.05) is 20.3 Å². The van der Waals surface area contributed by atoms with E-state index in [0.29, 0.717) is 18.3 Å². The second kappa shape index (κ2) is 6.51. The molecule has 3 saturated carbocycles. The number of carbonyl (C=O) groups excluding carboxylic acids is 1. The number of nitrogens with zero attached hydrogens (tertiary/aromatic N) is 3. The Morgan fingerprint density at radius 2 is 2.17 bits per heavy atom. The summed E-state index contributed by atoms with van der Waals surface area (Å²) in [5, 5.41) is 0. The standard InChI is InChI=1S/C19H29N3O2/c1-21-11-17(20-12-21)19(23)22(7-4-8-24-2)18-10-13-9-16(18)15-6-3-5-14(13)15/h11-16,18H,3-10H2,1-2H3/t13-,14-,15+,16+,18-/m1/s1. The number of carbonyl (C=O) groups is 1. The lowest BCUT2D eigenvalue weighted by Gasteiger charge is -2.39. The molecule has 3 aliphatic carbocycles. The Bertz CT molecular complexity index is 599. The van der Waals surface area contributed by atoms with Crippen LogP contribution in [0.15, 0.2) is 12.5 Å². The average molecular weight is 331 g/mol. The molecule has 1 amide bonds. The minimum atomic E-state index is 0.110. The fraction of sp³-hybridized carbons (Fsp3) is 0.789. The first-order chi connectivity index (χ1) is 11.7. The minimum Gasteiger partial charge on any atom is -0.385 e. The Morgan fingerprint density at radius 3 is 2.92 bits per heavy atom. The van der Waals surface area contributed by atoms with Crippen LogP contribution in [-0.4, -0.2) is 46.7 Å². The van der Waals surface area contributed by atoms with Gasteiger partial charge in [-0.1, -0.05) is 6.42 Å². The van der Waals surface area contributed by atoms with E-state index in [-0.39, 0.29) is 5.91 Å². The minimum absolute atomic E-state index is 0.110. The van der Waals surface area contributed by atoms with Crippen LogP contribution in [0.1, 0.15) is 49.0 Å². The van der Waals surface area contributed by atoms with Gasteiger partial charge in [0.05, 0.1) is 6.33 Å². The molecular formula is C19H29N3O2. The SMILES string of the molecule is COCCCN(C(=O)c1cn(C)cn1)[C@@H]1C[C@H]2C[C@H]1[C@H]1CCC[C@H]21. The molecule has 3 fully saturated rings. The number of fused-ring (bicyclic) bond motifs is 5. The average Bonchev–Trinajstić information content (AvgIpc) is 3.31. The fourth-order valence-corrected chi connectivity index (χ4v) is 5.86. The van der Waals surface area contributed by atoms with Crippen LogP contribution in [0, 0.1) is 23.7 Å². The quantitative estimate of drug-likeness (QED) is 0.753. The first-order valence-corrected chi connectivity index (χ1v) is 9.47. The van der Waals surface area contributed by atoms with Crippen LogP contribution in [0.3, 0.4) is 0 Å². The van der Waals surface area contributed by atoms with E-state index in [2.05, 4.69) is 9.88 Å². The molecule has 0 unspecified atom stereocenters. The smallest absolute Gasteiger partial charge is 0.274 e. The fourth-order valence-electron chi connectivity index (χ4n) is 5.86. The van der Waals surface area contributed by atoms with Gasteiger partial charge in [0.15, 0.2) is 0 Å². The Morgan fingerprint density at radius 1 is 1.33 bits per heavy atom. The highest BCUT2D eigenvalue weighted by atomic mass is 16.5. The molecular weight excluding hydrogens is 302 g/mol. The van der Waals surface area contributed by atoms with Crippen LogP contribution in [0.25, 0.3) is 0 Å². The number of hydrogen-bond donors (Lipinski definition) is 0. The maximum absolute atomic E-state index is 13.1. The number of methoxy groups -OCH3 is 1. The van der Waals surface area contributed by atoms with Gasteiger partial charge in [0.25, 0.3) is 5.91 Å². The van der Waals surface area contributed by atoms with Gasteiger partial charge >= 0.3 is 0 Å². The maximum Gasteiger partial charge on any atom is 0.274 e. The first-order valence-electron chi connectivity index (χ1n) is 9.47. The van der Waals surface area contributed by atoms with Crippen molar-refractivity contribution >= 4 is 5.91 Å². The van der Waals surface area contributed by atoms with Gasteiger partial charge in [0.1, 0.15) is 5.69 Å². The van der Waals surface area contributed by atoms with Crippen LogP contribution >= 0.6 is 0 Å². The Balaban J connectivity index is 1.53. The summed E-state index contributed by atoms with van der Waals surface area (Å²) in [7, 11) is 3.64. The van der Waals surface area contributed by atoms with Crippen LogP contribution < -0.4 is 0 Å². The molecule has 132 valence electrons. The summed E-state index contributed by atoms with van der Waals surface area (Å²) in [6.45, 7) is 1.49. The van der Waals surface area contributed by atoms with E-state index >= 15 is 0 Å². The summed E-state index contributed by atoms with van der Waals surface area (Å²) < 4.78 is 7.07. The van der Waals surface area contributed by atoms with Gasteiger partial charge in [-0.05, 0) is 55.8 Å². The maximum atomic E-state index is 13.1. The van der Waals surface area contributed by atoms with Crippen molar-refractivity contribution < 1.29 is 9.53 Å². The van der Waals surface area contributed by atoms with Gasteiger partial charge in [-0.15, -0.1) is 0 Å². The molecule has 5 nitrogen and oxygen atoms in total. The predicted octanol–water partition coefficient (Wildman–Crippen LogP) is 2.72. The van der Waals surface area contributed by atoms with Crippen molar-refractivity contribution in [3.63, 3.8) is 0 Å². The molecule has 0 radical (unpaired) electrons. The predicted molar refractivity (Wildman–Crippen MR) is 91.6 cm³/mol. The zero-order chi connectivity index (χ0) is 16.7. The Labute approximate surface area is 144 Å². The second-order valence-electron chi connectivity index (χ2n) is 7.99. The number of hydrogen-bond acceptors (Lipinski definition) is 3. The highest BCUT2D eigenvalue weighted by molar-refractivity contribution is 5.92. The molecule has 2 bridgehead atoms.